The normalized spacial score (nSPS) is 16.1. The molecule has 0 bridgehead atoms. The molecule has 3 N–H and O–H groups in total. The lowest BCUT2D eigenvalue weighted by molar-refractivity contribution is -0.122. The van der Waals surface area contributed by atoms with Gasteiger partial charge in [0, 0.05) is 19.6 Å². The molecule has 1 fully saturated rings. The summed E-state index contributed by atoms with van der Waals surface area (Å²) in [6.07, 6.45) is 0. The molecule has 0 spiro atoms. The molecule has 0 aromatic heterocycles. The van der Waals surface area contributed by atoms with Gasteiger partial charge in [-0.15, -0.1) is 24.8 Å². The number of rotatable bonds is 6. The van der Waals surface area contributed by atoms with E-state index in [0.717, 1.165) is 29.8 Å². The molecule has 2 aromatic rings. The third-order valence-electron chi connectivity index (χ3n) is 4.91. The van der Waals surface area contributed by atoms with Crippen molar-refractivity contribution in [2.75, 3.05) is 32.8 Å². The van der Waals surface area contributed by atoms with Crippen LogP contribution in [-0.2, 0) is 9.53 Å². The maximum absolute atomic E-state index is 13.7. The number of hydrogen-bond acceptors (Lipinski definition) is 4. The van der Waals surface area contributed by atoms with E-state index in [1.54, 1.807) is 6.07 Å². The van der Waals surface area contributed by atoms with Crippen LogP contribution in [0.4, 0.5) is 4.39 Å². The van der Waals surface area contributed by atoms with Gasteiger partial charge < -0.3 is 15.8 Å². The van der Waals surface area contributed by atoms with Crippen LogP contribution in [0.1, 0.15) is 28.8 Å². The Hall–Kier alpha value is -1.70. The molecule has 2 unspecified atom stereocenters. The van der Waals surface area contributed by atoms with Gasteiger partial charge in [0.05, 0.1) is 19.3 Å². The number of carbonyl (C=O) groups excluding carboxylic acids is 1. The molecular weight excluding hydrogens is 416 g/mol. The Morgan fingerprint density at radius 2 is 1.79 bits per heavy atom. The van der Waals surface area contributed by atoms with Crippen molar-refractivity contribution in [3.8, 4) is 0 Å². The van der Waals surface area contributed by atoms with Gasteiger partial charge in [0.25, 0.3) is 0 Å². The number of halogens is 3. The van der Waals surface area contributed by atoms with Gasteiger partial charge in [-0.2, -0.15) is 0 Å². The molecular formula is C21H28Cl2FN3O2. The highest BCUT2D eigenvalue weighted by Crippen LogP contribution is 2.22. The van der Waals surface area contributed by atoms with E-state index >= 15 is 0 Å². The van der Waals surface area contributed by atoms with Gasteiger partial charge in [0.2, 0.25) is 5.91 Å². The molecule has 2 atom stereocenters. The minimum Gasteiger partial charge on any atom is -0.379 e. The van der Waals surface area contributed by atoms with Gasteiger partial charge in [0.1, 0.15) is 11.9 Å². The number of carbonyl (C=O) groups is 1. The van der Waals surface area contributed by atoms with Crippen LogP contribution in [0, 0.1) is 12.7 Å². The van der Waals surface area contributed by atoms with Crippen molar-refractivity contribution in [1.82, 2.24) is 10.2 Å². The second kappa shape index (κ2) is 12.1. The SMILES string of the molecule is Cc1ccc(C(N)C(=O)NCC(c2cccc(F)c2)N2CCOCC2)cc1.Cl.Cl. The maximum atomic E-state index is 13.7. The molecule has 1 aliphatic heterocycles. The molecule has 1 aliphatic rings. The van der Waals surface area contributed by atoms with Crippen molar-refractivity contribution in [3.05, 3.63) is 71.0 Å². The standard InChI is InChI=1S/C21H26FN3O2.2ClH/c1-15-5-7-16(8-6-15)20(23)21(26)24-14-19(25-9-11-27-12-10-25)17-3-2-4-18(22)13-17;;/h2-8,13,19-20H,9-12,14,23H2,1H3,(H,24,26);2*1H. The van der Waals surface area contributed by atoms with Gasteiger partial charge in [-0.3, -0.25) is 9.69 Å². The van der Waals surface area contributed by atoms with E-state index < -0.39 is 6.04 Å². The number of amides is 1. The largest absolute Gasteiger partial charge is 0.379 e. The van der Waals surface area contributed by atoms with E-state index in [1.165, 1.54) is 12.1 Å². The Morgan fingerprint density at radius 1 is 1.14 bits per heavy atom. The first kappa shape index (κ1) is 25.3. The number of nitrogens with zero attached hydrogens (tertiary/aromatic N) is 1. The van der Waals surface area contributed by atoms with Crippen molar-refractivity contribution in [2.45, 2.75) is 19.0 Å². The molecule has 1 saturated heterocycles. The Balaban J connectivity index is 0.00000210. The molecule has 160 valence electrons. The van der Waals surface area contributed by atoms with Crippen LogP contribution >= 0.6 is 24.8 Å². The fourth-order valence-electron chi connectivity index (χ4n) is 3.29. The molecule has 29 heavy (non-hydrogen) atoms. The second-order valence-corrected chi connectivity index (χ2v) is 6.85. The summed E-state index contributed by atoms with van der Waals surface area (Å²) in [7, 11) is 0. The average molecular weight is 444 g/mol. The van der Waals surface area contributed by atoms with Crippen LogP contribution in [-0.4, -0.2) is 43.7 Å². The Kier molecular flexibility index (Phi) is 10.6. The third kappa shape index (κ3) is 6.94. The lowest BCUT2D eigenvalue weighted by Gasteiger charge is -2.35. The van der Waals surface area contributed by atoms with Crippen LogP contribution in [0.15, 0.2) is 48.5 Å². The zero-order chi connectivity index (χ0) is 19.2. The number of benzene rings is 2. The summed E-state index contributed by atoms with van der Waals surface area (Å²) in [5.74, 6) is -0.526. The number of ether oxygens (including phenoxy) is 1. The number of morpholine rings is 1. The fourth-order valence-corrected chi connectivity index (χ4v) is 3.29. The number of aryl methyl sites for hydroxylation is 1. The lowest BCUT2D eigenvalue weighted by atomic mass is 10.0. The maximum Gasteiger partial charge on any atom is 0.241 e. The van der Waals surface area contributed by atoms with E-state index in [4.69, 9.17) is 10.5 Å². The topological polar surface area (TPSA) is 67.6 Å². The van der Waals surface area contributed by atoms with Crippen molar-refractivity contribution in [1.29, 1.82) is 0 Å². The Labute approximate surface area is 183 Å². The third-order valence-corrected chi connectivity index (χ3v) is 4.91. The monoisotopic (exact) mass is 443 g/mol. The smallest absolute Gasteiger partial charge is 0.241 e. The summed E-state index contributed by atoms with van der Waals surface area (Å²) in [6.45, 7) is 5.08. The summed E-state index contributed by atoms with van der Waals surface area (Å²) in [5.41, 5.74) is 8.83. The summed E-state index contributed by atoms with van der Waals surface area (Å²) >= 11 is 0. The molecule has 3 rings (SSSR count). The van der Waals surface area contributed by atoms with E-state index in [9.17, 15) is 9.18 Å². The first-order valence-corrected chi connectivity index (χ1v) is 9.22. The lowest BCUT2D eigenvalue weighted by Crippen LogP contribution is -2.45. The highest BCUT2D eigenvalue weighted by atomic mass is 35.5. The van der Waals surface area contributed by atoms with Crippen molar-refractivity contribution < 1.29 is 13.9 Å². The van der Waals surface area contributed by atoms with Gasteiger partial charge >= 0.3 is 0 Å². The molecule has 0 aliphatic carbocycles. The van der Waals surface area contributed by atoms with Crippen molar-refractivity contribution in [2.24, 2.45) is 5.73 Å². The summed E-state index contributed by atoms with van der Waals surface area (Å²) < 4.78 is 19.1. The molecule has 0 saturated carbocycles. The van der Waals surface area contributed by atoms with Gasteiger partial charge in [-0.25, -0.2) is 4.39 Å². The number of nitrogens with two attached hydrogens (primary N) is 1. The predicted octanol–water partition coefficient (Wildman–Crippen LogP) is 3.17. The molecule has 0 radical (unpaired) electrons. The highest BCUT2D eigenvalue weighted by Gasteiger charge is 2.25. The average Bonchev–Trinajstić information content (AvgIpc) is 2.69. The zero-order valence-corrected chi connectivity index (χ0v) is 18.0. The van der Waals surface area contributed by atoms with E-state index in [0.29, 0.717) is 19.8 Å². The molecule has 5 nitrogen and oxygen atoms in total. The van der Waals surface area contributed by atoms with Gasteiger partial charge in [-0.1, -0.05) is 42.0 Å². The number of nitrogens with one attached hydrogen (secondary N) is 1. The van der Waals surface area contributed by atoms with Crippen LogP contribution in [0.5, 0.6) is 0 Å². The first-order chi connectivity index (χ1) is 13.0. The minimum absolute atomic E-state index is 0. The quantitative estimate of drug-likeness (QED) is 0.719. The fraction of sp³-hybridized carbons (Fsp3) is 0.381. The Morgan fingerprint density at radius 3 is 2.41 bits per heavy atom. The van der Waals surface area contributed by atoms with E-state index in [1.807, 2.05) is 37.3 Å². The van der Waals surface area contributed by atoms with E-state index in [2.05, 4.69) is 10.2 Å². The summed E-state index contributed by atoms with van der Waals surface area (Å²) in [6, 6.07) is 13.3. The minimum atomic E-state index is -0.733. The highest BCUT2D eigenvalue weighted by molar-refractivity contribution is 5.85. The van der Waals surface area contributed by atoms with E-state index in [-0.39, 0.29) is 42.6 Å². The zero-order valence-electron chi connectivity index (χ0n) is 16.3. The van der Waals surface area contributed by atoms with Crippen LogP contribution in [0.3, 0.4) is 0 Å². The first-order valence-electron chi connectivity index (χ1n) is 9.22. The summed E-state index contributed by atoms with van der Waals surface area (Å²) in [4.78, 5) is 14.8. The van der Waals surface area contributed by atoms with Crippen LogP contribution in [0.25, 0.3) is 0 Å². The van der Waals surface area contributed by atoms with Gasteiger partial charge in [0.15, 0.2) is 0 Å². The molecule has 1 amide bonds. The predicted molar refractivity (Wildman–Crippen MR) is 117 cm³/mol. The molecule has 2 aromatic carbocycles. The summed E-state index contributed by atoms with van der Waals surface area (Å²) in [5, 5.41) is 2.94. The van der Waals surface area contributed by atoms with Crippen molar-refractivity contribution >= 4 is 30.7 Å². The Bertz CT molecular complexity index is 771. The molecule has 8 heteroatoms. The second-order valence-electron chi connectivity index (χ2n) is 6.85. The van der Waals surface area contributed by atoms with Crippen LogP contribution in [0.2, 0.25) is 0 Å². The van der Waals surface area contributed by atoms with Gasteiger partial charge in [-0.05, 0) is 30.2 Å². The van der Waals surface area contributed by atoms with Crippen LogP contribution < -0.4 is 11.1 Å². The number of hydrogen-bond donors (Lipinski definition) is 2. The molecule has 1 heterocycles. The van der Waals surface area contributed by atoms with Crippen molar-refractivity contribution in [3.63, 3.8) is 0 Å².